The van der Waals surface area contributed by atoms with Gasteiger partial charge >= 0.3 is 0 Å². The van der Waals surface area contributed by atoms with E-state index in [1.165, 1.54) is 0 Å². The molecule has 11 rings (SSSR count). The summed E-state index contributed by atoms with van der Waals surface area (Å²) in [6.45, 7) is 0. The second-order valence-electron chi connectivity index (χ2n) is 13.0. The van der Waals surface area contributed by atoms with Crippen molar-refractivity contribution < 1.29 is 15.4 Å². The van der Waals surface area contributed by atoms with Crippen LogP contribution in [0.5, 0.6) is 0 Å². The van der Waals surface area contributed by atoms with Gasteiger partial charge < -0.3 is 4.42 Å². The molecular formula is C50H30O. The van der Waals surface area contributed by atoms with Gasteiger partial charge in [-0.15, -0.1) is 0 Å². The maximum Gasteiger partial charge on any atom is 0.136 e. The van der Waals surface area contributed by atoms with Crippen molar-refractivity contribution in [2.45, 2.75) is 0 Å². The Kier molecular flexibility index (Phi) is 4.57. The zero-order chi connectivity index (χ0) is 40.4. The summed E-state index contributed by atoms with van der Waals surface area (Å²) in [7, 11) is 0. The van der Waals surface area contributed by atoms with Gasteiger partial charge in [0.1, 0.15) is 11.2 Å². The lowest BCUT2D eigenvalue weighted by Crippen LogP contribution is -1.92. The fourth-order valence-electron chi connectivity index (χ4n) is 8.08. The van der Waals surface area contributed by atoms with Gasteiger partial charge in [0.25, 0.3) is 0 Å². The van der Waals surface area contributed by atoms with Gasteiger partial charge in [-0.05, 0) is 99.4 Å². The van der Waals surface area contributed by atoms with Crippen molar-refractivity contribution in [1.82, 2.24) is 0 Å². The Bertz CT molecular complexity index is 3560. The van der Waals surface area contributed by atoms with Crippen LogP contribution >= 0.6 is 0 Å². The van der Waals surface area contributed by atoms with Crippen molar-refractivity contribution in [3.8, 4) is 33.4 Å². The largest absolute Gasteiger partial charge is 0.456 e. The third kappa shape index (κ3) is 4.16. The average molecular weight is 655 g/mol. The summed E-state index contributed by atoms with van der Waals surface area (Å²) >= 11 is 0. The molecule has 0 aliphatic heterocycles. The molecule has 0 aliphatic carbocycles. The molecule has 0 saturated heterocycles. The maximum atomic E-state index is 9.54. The van der Waals surface area contributed by atoms with Gasteiger partial charge in [-0.25, -0.2) is 0 Å². The minimum absolute atomic E-state index is 0.160. The second-order valence-corrected chi connectivity index (χ2v) is 13.0. The molecule has 0 aliphatic rings. The lowest BCUT2D eigenvalue weighted by molar-refractivity contribution is 0.669. The lowest BCUT2D eigenvalue weighted by Gasteiger charge is -2.19. The first-order valence-corrected chi connectivity index (χ1v) is 16.9. The molecule has 0 unspecified atom stereocenters. The van der Waals surface area contributed by atoms with E-state index in [9.17, 15) is 5.48 Å². The Morgan fingerprint density at radius 3 is 1.59 bits per heavy atom. The first-order valence-electron chi connectivity index (χ1n) is 20.9. The van der Waals surface area contributed by atoms with E-state index in [1.807, 2.05) is 97.1 Å². The predicted molar refractivity (Wildman–Crippen MR) is 218 cm³/mol. The summed E-state index contributed by atoms with van der Waals surface area (Å²) < 4.78 is 80.4. The first-order chi connectivity index (χ1) is 28.6. The molecule has 0 atom stereocenters. The van der Waals surface area contributed by atoms with Crippen LogP contribution in [0.2, 0.25) is 0 Å². The summed E-state index contributed by atoms with van der Waals surface area (Å²) in [5.74, 6) is 0. The lowest BCUT2D eigenvalue weighted by atomic mass is 9.84. The summed E-state index contributed by atoms with van der Waals surface area (Å²) in [5, 5.41) is 8.32. The molecule has 0 fully saturated rings. The van der Waals surface area contributed by atoms with Crippen molar-refractivity contribution in [2.24, 2.45) is 0 Å². The van der Waals surface area contributed by atoms with E-state index < -0.39 is 24.2 Å². The fourth-order valence-corrected chi connectivity index (χ4v) is 8.08. The smallest absolute Gasteiger partial charge is 0.136 e. The number of fused-ring (bicyclic) bond motifs is 10. The van der Waals surface area contributed by atoms with E-state index in [-0.39, 0.29) is 51.3 Å². The first kappa shape index (κ1) is 21.4. The summed E-state index contributed by atoms with van der Waals surface area (Å²) in [5.41, 5.74) is 4.84. The SMILES string of the molecule is [2H]c1c([2H])c([2H])c2c(-c3cc4oc5ccc6ccccc6c5c4c4ccccc34)c3c([2H])c([2H])c([2H])c([2H])c3c(-c3ccc(-c4cccc5ccccc45)cc3)c2c1[2H]. The van der Waals surface area contributed by atoms with Crippen molar-refractivity contribution >= 4 is 75.8 Å². The Morgan fingerprint density at radius 2 is 0.882 bits per heavy atom. The third-order valence-corrected chi connectivity index (χ3v) is 10.3. The van der Waals surface area contributed by atoms with Crippen LogP contribution in [0.4, 0.5) is 0 Å². The highest BCUT2D eigenvalue weighted by atomic mass is 16.3. The minimum Gasteiger partial charge on any atom is -0.456 e. The molecule has 236 valence electrons. The van der Waals surface area contributed by atoms with Crippen LogP contribution < -0.4 is 0 Å². The molecular weight excluding hydrogens is 617 g/mol. The zero-order valence-electron chi connectivity index (χ0n) is 35.1. The average Bonchev–Trinajstić information content (AvgIpc) is 3.67. The molecule has 11 aromatic rings. The highest BCUT2D eigenvalue weighted by Gasteiger charge is 2.21. The highest BCUT2D eigenvalue weighted by molar-refractivity contribution is 6.31. The highest BCUT2D eigenvalue weighted by Crippen LogP contribution is 2.48. The van der Waals surface area contributed by atoms with E-state index in [1.54, 1.807) is 0 Å². The molecule has 0 bridgehead atoms. The van der Waals surface area contributed by atoms with Crippen molar-refractivity contribution in [1.29, 1.82) is 0 Å². The molecule has 0 amide bonds. The predicted octanol–water partition coefficient (Wildman–Crippen LogP) is 14.4. The van der Waals surface area contributed by atoms with Gasteiger partial charge in [0.2, 0.25) is 0 Å². The Balaban J connectivity index is 1.31. The van der Waals surface area contributed by atoms with Crippen molar-refractivity contribution in [3.63, 3.8) is 0 Å². The van der Waals surface area contributed by atoms with Gasteiger partial charge in [-0.1, -0.05) is 170 Å². The number of rotatable bonds is 3. The monoisotopic (exact) mass is 654 g/mol. The molecule has 0 N–H and O–H groups in total. The van der Waals surface area contributed by atoms with E-state index in [2.05, 4.69) is 36.4 Å². The number of furan rings is 1. The summed E-state index contributed by atoms with van der Waals surface area (Å²) in [6, 6.07) is 40.6. The van der Waals surface area contributed by atoms with Gasteiger partial charge in [0.15, 0.2) is 0 Å². The minimum atomic E-state index is -0.443. The molecule has 10 aromatic carbocycles. The number of hydrogen-bond donors (Lipinski definition) is 0. The summed E-state index contributed by atoms with van der Waals surface area (Å²) in [4.78, 5) is 0. The standard InChI is InChI=1S/C50H30O/c1-3-15-35-31(12-1)14-11-23-36(35)33-24-26-34(27-25-33)47-40-19-7-9-21-42(40)48(43-22-10-8-20-41(43)47)44-30-46-50(39-18-6-5-17-38(39)44)49-37-16-4-2-13-32(37)28-29-45(49)51-46/h1-30H/i7D,8D,9D,10D,19D,20D,21D,22D. The van der Waals surface area contributed by atoms with Crippen LogP contribution in [0.25, 0.3) is 109 Å². The molecule has 1 heterocycles. The Labute approximate surface area is 305 Å². The van der Waals surface area contributed by atoms with Crippen LogP contribution in [0, 0.1) is 0 Å². The van der Waals surface area contributed by atoms with E-state index >= 15 is 0 Å². The number of benzene rings is 10. The van der Waals surface area contributed by atoms with Crippen LogP contribution in [0.15, 0.2) is 186 Å². The molecule has 1 heteroatoms. The van der Waals surface area contributed by atoms with Crippen molar-refractivity contribution in [3.05, 3.63) is 182 Å². The Hall–Kier alpha value is -6.70. The summed E-state index contributed by atoms with van der Waals surface area (Å²) in [6.07, 6.45) is 0. The van der Waals surface area contributed by atoms with Crippen LogP contribution in [-0.4, -0.2) is 0 Å². The Morgan fingerprint density at radius 1 is 0.353 bits per heavy atom. The molecule has 0 saturated carbocycles. The number of hydrogen-bond acceptors (Lipinski definition) is 1. The fraction of sp³-hybridized carbons (Fsp3) is 0. The van der Waals surface area contributed by atoms with E-state index in [0.29, 0.717) is 27.9 Å². The van der Waals surface area contributed by atoms with Gasteiger partial charge in [0, 0.05) is 10.8 Å². The van der Waals surface area contributed by atoms with E-state index in [4.69, 9.17) is 9.90 Å². The van der Waals surface area contributed by atoms with Crippen molar-refractivity contribution in [2.75, 3.05) is 0 Å². The van der Waals surface area contributed by atoms with Crippen LogP contribution in [0.1, 0.15) is 11.0 Å². The van der Waals surface area contributed by atoms with E-state index in [0.717, 1.165) is 54.2 Å². The topological polar surface area (TPSA) is 13.1 Å². The van der Waals surface area contributed by atoms with Gasteiger partial charge in [-0.2, -0.15) is 0 Å². The third-order valence-electron chi connectivity index (χ3n) is 10.3. The second kappa shape index (κ2) is 10.9. The maximum absolute atomic E-state index is 9.54. The molecule has 51 heavy (non-hydrogen) atoms. The van der Waals surface area contributed by atoms with Crippen LogP contribution in [-0.2, 0) is 0 Å². The van der Waals surface area contributed by atoms with Gasteiger partial charge in [0.05, 0.1) is 11.0 Å². The normalized spacial score (nSPS) is 14.1. The van der Waals surface area contributed by atoms with Crippen LogP contribution in [0.3, 0.4) is 0 Å². The zero-order valence-corrected chi connectivity index (χ0v) is 27.1. The van der Waals surface area contributed by atoms with Gasteiger partial charge in [-0.3, -0.25) is 0 Å². The quantitative estimate of drug-likeness (QED) is 0.173. The molecule has 0 spiro atoms. The molecule has 1 aromatic heterocycles. The molecule has 0 radical (unpaired) electrons. The molecule has 1 nitrogen and oxygen atoms in total.